The molecule has 0 radical (unpaired) electrons. The summed E-state index contributed by atoms with van der Waals surface area (Å²) in [5, 5.41) is 18.6. The van der Waals surface area contributed by atoms with E-state index in [1.54, 1.807) is 0 Å². The molecule has 86 valence electrons. The Hall–Kier alpha value is -1.95. The normalized spacial score (nSPS) is 15.6. The number of carboxylic acid groups (broad SMARTS) is 1. The van der Waals surface area contributed by atoms with Crippen LogP contribution in [0.2, 0.25) is 0 Å². The van der Waals surface area contributed by atoms with Crippen molar-refractivity contribution in [2.24, 2.45) is 5.73 Å². The minimum absolute atomic E-state index is 0.108. The van der Waals surface area contributed by atoms with Crippen molar-refractivity contribution in [1.29, 1.82) is 0 Å². The predicted octanol–water partition coefficient (Wildman–Crippen LogP) is 0.248. The minimum atomic E-state index is -1.28. The van der Waals surface area contributed by atoms with Gasteiger partial charge in [-0.2, -0.15) is 0 Å². The van der Waals surface area contributed by atoms with Crippen molar-refractivity contribution in [3.63, 3.8) is 0 Å². The average molecular weight is 225 g/mol. The molecule has 0 saturated carbocycles. The number of rotatable bonds is 2. The molecule has 4 N–H and O–H groups in total. The highest BCUT2D eigenvalue weighted by Crippen LogP contribution is 2.42. The summed E-state index contributed by atoms with van der Waals surface area (Å²) in [6, 6.07) is 1.67. The van der Waals surface area contributed by atoms with E-state index in [0.29, 0.717) is 19.0 Å². The van der Waals surface area contributed by atoms with Crippen molar-refractivity contribution in [3.05, 3.63) is 17.7 Å². The molecule has 0 bridgehead atoms. The van der Waals surface area contributed by atoms with Gasteiger partial charge in [-0.25, -0.2) is 0 Å². The SMILES string of the molecule is NC(C(=O)O)c1ccc2c(c1O)OCCO2. The number of nitrogens with two attached hydrogens (primary N) is 1. The lowest BCUT2D eigenvalue weighted by Gasteiger charge is -2.21. The fourth-order valence-electron chi connectivity index (χ4n) is 1.50. The molecule has 0 aromatic heterocycles. The van der Waals surface area contributed by atoms with Crippen molar-refractivity contribution < 1.29 is 24.5 Å². The van der Waals surface area contributed by atoms with Crippen molar-refractivity contribution in [3.8, 4) is 17.2 Å². The lowest BCUT2D eigenvalue weighted by Crippen LogP contribution is -2.22. The van der Waals surface area contributed by atoms with Crippen molar-refractivity contribution >= 4 is 5.97 Å². The van der Waals surface area contributed by atoms with E-state index in [1.807, 2.05) is 0 Å². The first-order valence-electron chi connectivity index (χ1n) is 4.71. The zero-order valence-electron chi connectivity index (χ0n) is 8.34. The fraction of sp³-hybridized carbons (Fsp3) is 0.300. The van der Waals surface area contributed by atoms with Crippen LogP contribution < -0.4 is 15.2 Å². The van der Waals surface area contributed by atoms with Crippen molar-refractivity contribution in [2.75, 3.05) is 13.2 Å². The first kappa shape index (κ1) is 10.6. The summed E-state index contributed by atoms with van der Waals surface area (Å²) in [4.78, 5) is 10.7. The maximum absolute atomic E-state index is 10.7. The number of ether oxygens (including phenoxy) is 2. The Balaban J connectivity index is 2.45. The third-order valence-electron chi connectivity index (χ3n) is 2.31. The van der Waals surface area contributed by atoms with Crippen LogP contribution in [0.1, 0.15) is 11.6 Å². The molecule has 2 rings (SSSR count). The maximum atomic E-state index is 10.7. The maximum Gasteiger partial charge on any atom is 0.325 e. The zero-order chi connectivity index (χ0) is 11.7. The number of phenolic OH excluding ortho intramolecular Hbond substituents is 1. The van der Waals surface area contributed by atoms with Crippen LogP contribution in [0.25, 0.3) is 0 Å². The standard InChI is InChI=1S/C10H11NO5/c11-7(10(13)14)5-1-2-6-9(8(5)12)16-4-3-15-6/h1-2,7,12H,3-4,11H2,(H,13,14). The van der Waals surface area contributed by atoms with E-state index in [0.717, 1.165) is 0 Å². The van der Waals surface area contributed by atoms with Gasteiger partial charge >= 0.3 is 5.97 Å². The van der Waals surface area contributed by atoms with Crippen LogP contribution in [0.15, 0.2) is 12.1 Å². The van der Waals surface area contributed by atoms with Crippen LogP contribution in [0.4, 0.5) is 0 Å². The molecule has 0 amide bonds. The summed E-state index contributed by atoms with van der Waals surface area (Å²) in [7, 11) is 0. The molecule has 1 aromatic carbocycles. The van der Waals surface area contributed by atoms with Crippen molar-refractivity contribution in [2.45, 2.75) is 6.04 Å². The summed E-state index contributed by atoms with van der Waals surface area (Å²) < 4.78 is 10.4. The van der Waals surface area contributed by atoms with Gasteiger partial charge in [0.05, 0.1) is 0 Å². The van der Waals surface area contributed by atoms with E-state index in [1.165, 1.54) is 12.1 Å². The molecule has 0 aliphatic carbocycles. The molecule has 1 atom stereocenters. The average Bonchev–Trinajstić information content (AvgIpc) is 2.29. The molecular weight excluding hydrogens is 214 g/mol. The molecule has 1 aliphatic rings. The van der Waals surface area contributed by atoms with Gasteiger partial charge in [-0.1, -0.05) is 0 Å². The van der Waals surface area contributed by atoms with Crippen LogP contribution in [0, 0.1) is 0 Å². The fourth-order valence-corrected chi connectivity index (χ4v) is 1.50. The third kappa shape index (κ3) is 1.63. The van der Waals surface area contributed by atoms with Crippen LogP contribution in [0.5, 0.6) is 17.2 Å². The minimum Gasteiger partial charge on any atom is -0.504 e. The largest absolute Gasteiger partial charge is 0.504 e. The van der Waals surface area contributed by atoms with E-state index in [2.05, 4.69) is 0 Å². The quantitative estimate of drug-likeness (QED) is 0.666. The Kier molecular flexibility index (Phi) is 2.57. The smallest absolute Gasteiger partial charge is 0.325 e. The second-order valence-electron chi connectivity index (χ2n) is 3.34. The van der Waals surface area contributed by atoms with Gasteiger partial charge in [-0.3, -0.25) is 4.79 Å². The Morgan fingerprint density at radius 3 is 2.75 bits per heavy atom. The molecule has 1 aliphatic heterocycles. The van der Waals surface area contributed by atoms with Gasteiger partial charge in [0.2, 0.25) is 5.75 Å². The molecule has 1 heterocycles. The highest BCUT2D eigenvalue weighted by atomic mass is 16.6. The third-order valence-corrected chi connectivity index (χ3v) is 2.31. The number of carboxylic acids is 1. The van der Waals surface area contributed by atoms with Crippen LogP contribution >= 0.6 is 0 Å². The second kappa shape index (κ2) is 3.90. The highest BCUT2D eigenvalue weighted by molar-refractivity contribution is 5.77. The number of hydrogen-bond acceptors (Lipinski definition) is 5. The Bertz CT molecular complexity index is 431. The van der Waals surface area contributed by atoms with Crippen LogP contribution in [0.3, 0.4) is 0 Å². The topological polar surface area (TPSA) is 102 Å². The number of aromatic hydroxyl groups is 1. The summed E-state index contributed by atoms with van der Waals surface area (Å²) in [5.41, 5.74) is 5.52. The van der Waals surface area contributed by atoms with Gasteiger partial charge in [0.1, 0.15) is 19.3 Å². The molecule has 0 spiro atoms. The molecule has 0 saturated heterocycles. The Morgan fingerprint density at radius 1 is 1.38 bits per heavy atom. The highest BCUT2D eigenvalue weighted by Gasteiger charge is 2.24. The van der Waals surface area contributed by atoms with Gasteiger partial charge in [0.15, 0.2) is 11.5 Å². The van der Waals surface area contributed by atoms with Crippen molar-refractivity contribution in [1.82, 2.24) is 0 Å². The van der Waals surface area contributed by atoms with Gasteiger partial charge in [-0.05, 0) is 12.1 Å². The molecule has 1 unspecified atom stereocenters. The lowest BCUT2D eigenvalue weighted by atomic mass is 10.1. The first-order valence-corrected chi connectivity index (χ1v) is 4.71. The Morgan fingerprint density at radius 2 is 2.06 bits per heavy atom. The number of fused-ring (bicyclic) bond motifs is 1. The summed E-state index contributed by atoms with van der Waals surface area (Å²) in [6.45, 7) is 0.711. The predicted molar refractivity (Wildman–Crippen MR) is 53.7 cm³/mol. The molecule has 1 aromatic rings. The van der Waals surface area contributed by atoms with Gasteiger partial charge < -0.3 is 25.4 Å². The monoisotopic (exact) mass is 225 g/mol. The number of benzene rings is 1. The number of phenols is 1. The molecule has 0 fully saturated rings. The second-order valence-corrected chi connectivity index (χ2v) is 3.34. The van der Waals surface area contributed by atoms with E-state index < -0.39 is 12.0 Å². The van der Waals surface area contributed by atoms with E-state index in [4.69, 9.17) is 20.3 Å². The lowest BCUT2D eigenvalue weighted by molar-refractivity contribution is -0.138. The van der Waals surface area contributed by atoms with Crippen LogP contribution in [-0.4, -0.2) is 29.4 Å². The van der Waals surface area contributed by atoms with E-state index >= 15 is 0 Å². The number of carbonyl (C=O) groups is 1. The number of aliphatic carboxylic acids is 1. The van der Waals surface area contributed by atoms with Gasteiger partial charge in [0, 0.05) is 5.56 Å². The van der Waals surface area contributed by atoms with Gasteiger partial charge in [-0.15, -0.1) is 0 Å². The summed E-state index contributed by atoms with van der Waals surface area (Å²) >= 11 is 0. The molecule has 6 nitrogen and oxygen atoms in total. The van der Waals surface area contributed by atoms with E-state index in [-0.39, 0.29) is 17.1 Å². The number of hydrogen-bond donors (Lipinski definition) is 3. The molecule has 16 heavy (non-hydrogen) atoms. The molecule has 6 heteroatoms. The zero-order valence-corrected chi connectivity index (χ0v) is 8.34. The summed E-state index contributed by atoms with van der Waals surface area (Å²) in [5.74, 6) is -0.940. The Labute approximate surface area is 91.2 Å². The van der Waals surface area contributed by atoms with Crippen LogP contribution in [-0.2, 0) is 4.79 Å². The molecular formula is C10H11NO5. The summed E-state index contributed by atoms with van der Waals surface area (Å²) in [6.07, 6.45) is 0. The van der Waals surface area contributed by atoms with E-state index in [9.17, 15) is 9.90 Å². The first-order chi connectivity index (χ1) is 7.61. The van der Waals surface area contributed by atoms with Gasteiger partial charge in [0.25, 0.3) is 0 Å².